The molecule has 23 nitrogen and oxygen atoms in total. The minimum atomic E-state index is -0.214. The smallest absolute Gasteiger partial charge is 0.261 e. The van der Waals surface area contributed by atoms with Crippen LogP contribution in [0.25, 0.3) is 0 Å². The number of carbonyl (C=O) groups excluding carboxylic acids is 4. The normalized spacial score (nSPS) is 10.8. The Hall–Kier alpha value is -14.2. The van der Waals surface area contributed by atoms with Gasteiger partial charge in [0, 0.05) is 91.7 Å². The van der Waals surface area contributed by atoms with Crippen molar-refractivity contribution in [2.75, 3.05) is 46.4 Å². The van der Waals surface area contributed by atoms with Crippen molar-refractivity contribution < 1.29 is 57.1 Å². The van der Waals surface area contributed by atoms with Gasteiger partial charge in [-0.3, -0.25) is 34.0 Å². The summed E-state index contributed by atoms with van der Waals surface area (Å²) in [6, 6.07) is 92.7. The number of thiophene rings is 1. The molecule has 0 saturated carbocycles. The second-order valence-corrected chi connectivity index (χ2v) is 32.7. The van der Waals surface area contributed by atoms with Gasteiger partial charge in [-0.1, -0.05) is 225 Å². The fraction of sp³-hybridized carbons (Fsp3) is 0.212. The van der Waals surface area contributed by atoms with E-state index >= 15 is 0 Å². The van der Waals surface area contributed by atoms with Crippen LogP contribution in [-0.4, -0.2) is 115 Å². The zero-order chi connectivity index (χ0) is 91.7. The van der Waals surface area contributed by atoms with E-state index in [9.17, 15) is 19.2 Å². The molecule has 0 spiro atoms. The van der Waals surface area contributed by atoms with Crippen LogP contribution in [0.15, 0.2) is 327 Å². The second kappa shape index (κ2) is 51.1. The number of thiazole rings is 1. The number of rotatable bonds is 39. The lowest BCUT2D eigenvalue weighted by Crippen LogP contribution is -2.36. The van der Waals surface area contributed by atoms with Crippen LogP contribution in [0, 0.1) is 5.92 Å². The Kier molecular flexibility index (Phi) is 37.4. The van der Waals surface area contributed by atoms with E-state index in [-0.39, 0.29) is 36.1 Å². The molecule has 10 aromatic carbocycles. The van der Waals surface area contributed by atoms with E-state index in [1.807, 2.05) is 284 Å². The first kappa shape index (κ1) is 95.9. The zero-order valence-corrected chi connectivity index (χ0v) is 76.9. The van der Waals surface area contributed by atoms with E-state index in [1.165, 1.54) is 22.3 Å². The van der Waals surface area contributed by atoms with Crippen LogP contribution < -0.4 is 42.8 Å². The van der Waals surface area contributed by atoms with Gasteiger partial charge in [-0.25, -0.2) is 9.67 Å². The molecule has 4 amide bonds. The fourth-order valence-corrected chi connectivity index (χ4v) is 15.4. The first-order chi connectivity index (χ1) is 64.1. The van der Waals surface area contributed by atoms with Crippen LogP contribution in [0.2, 0.25) is 10.0 Å². The molecule has 0 aliphatic carbocycles. The van der Waals surface area contributed by atoms with Crippen LogP contribution in [0.3, 0.4) is 0 Å². The predicted octanol–water partition coefficient (Wildman–Crippen LogP) is 21.3. The fourth-order valence-electron chi connectivity index (χ4n) is 13.6. The zero-order valence-electron chi connectivity index (χ0n) is 73.8. The molecule has 1 atom stereocenters. The Morgan fingerprint density at radius 1 is 0.389 bits per heavy atom. The van der Waals surface area contributed by atoms with E-state index in [1.54, 1.807) is 109 Å². The van der Waals surface area contributed by atoms with Gasteiger partial charge in [0.2, 0.25) is 11.8 Å². The van der Waals surface area contributed by atoms with E-state index in [0.717, 1.165) is 73.6 Å². The molecule has 0 saturated heterocycles. The quantitative estimate of drug-likeness (QED) is 0.0348. The van der Waals surface area contributed by atoms with Crippen molar-refractivity contribution in [3.63, 3.8) is 0 Å². The molecule has 0 fully saturated rings. The summed E-state index contributed by atoms with van der Waals surface area (Å²) in [4.78, 5) is 74.1. The van der Waals surface area contributed by atoms with Crippen molar-refractivity contribution in [3.05, 3.63) is 409 Å². The summed E-state index contributed by atoms with van der Waals surface area (Å²) in [6.07, 6.45) is 8.81. The van der Waals surface area contributed by atoms with Gasteiger partial charge >= 0.3 is 0 Å². The number of hydrogen-bond acceptors (Lipinski definition) is 20. The second-order valence-electron chi connectivity index (χ2n) is 30.0. The van der Waals surface area contributed by atoms with Gasteiger partial charge in [0.15, 0.2) is 51.1 Å². The summed E-state index contributed by atoms with van der Waals surface area (Å²) in [7, 11) is 6.46. The molecular formula is C104H103Cl2N11O12S2. The maximum Gasteiger partial charge on any atom is 0.261 e. The molecule has 27 heteroatoms. The highest BCUT2D eigenvalue weighted by atomic mass is 35.5. The highest BCUT2D eigenvalue weighted by Gasteiger charge is 2.26. The number of aromatic nitrogens is 7. The summed E-state index contributed by atoms with van der Waals surface area (Å²) in [6.45, 7) is 9.16. The maximum atomic E-state index is 13.4. The van der Waals surface area contributed by atoms with Crippen molar-refractivity contribution in [1.82, 2.24) is 49.9 Å². The third-order valence-electron chi connectivity index (χ3n) is 20.8. The molecule has 5 heterocycles. The van der Waals surface area contributed by atoms with E-state index in [2.05, 4.69) is 30.5 Å². The van der Waals surface area contributed by atoms with Crippen LogP contribution in [0.5, 0.6) is 46.0 Å². The number of carbonyl (C=O) groups is 4. The molecule has 15 aromatic rings. The lowest BCUT2D eigenvalue weighted by molar-refractivity contribution is -0.135. The molecule has 5 aromatic heterocycles. The molecule has 672 valence electrons. The summed E-state index contributed by atoms with van der Waals surface area (Å²) < 4.78 is 47.5. The third-order valence-corrected chi connectivity index (χ3v) is 23.1. The molecule has 0 radical (unpaired) electrons. The van der Waals surface area contributed by atoms with Gasteiger partial charge in [-0.05, 0) is 170 Å². The standard InChI is InChI=1S/C27H24ClNO3S.C27H32N2O3.C25H21ClN2O3S.C25H26N6O3/c1-31-26-16-21(13-14-25(26)32-19-20-8-3-2-4-9-20)17-29(18-22-10-7-15-33-22)27(30)23-11-5-6-12-24(23)28;1-4-21(2)27(30)29(17-15-24-12-8-9-16-28-24)19-23-13-14-25(26(18-23)31-3)32-20-22-10-6-5-7-11-22;1-30-23-15-19(11-12-22(23)31-17-18-7-3-2-4-8-18)16-28(25-27-13-14-32-25)24(29)20-9-5-6-10-21(20)26;1-33-24-15-21(10-11-23(24)34-18-20-7-3-2-4-8-20)16-30(14-12-22-9-5-6-13-26-22)25(32)17-31-19-27-28-29-31/h2-16H,17-19H2,1H3;5-14,16,18,21H,4,15,17,19-20H2,1-3H3;2-15H,16-17H2,1H3;2-11,13,15,19H,12,14,16-18H2,1H3. The van der Waals surface area contributed by atoms with E-state index in [0.29, 0.717) is 151 Å². The Morgan fingerprint density at radius 3 is 1.18 bits per heavy atom. The Labute approximate surface area is 782 Å². The van der Waals surface area contributed by atoms with Gasteiger partial charge in [0.1, 0.15) is 39.3 Å². The number of amides is 4. The molecule has 0 aliphatic heterocycles. The van der Waals surface area contributed by atoms with Crippen LogP contribution in [0.4, 0.5) is 5.13 Å². The minimum Gasteiger partial charge on any atom is -0.493 e. The Balaban J connectivity index is 0.000000158. The summed E-state index contributed by atoms with van der Waals surface area (Å²) in [5.74, 6) is 4.87. The van der Waals surface area contributed by atoms with E-state index in [4.69, 9.17) is 61.1 Å². The molecular weight excluding hydrogens is 1730 g/mol. The number of benzene rings is 10. The van der Waals surface area contributed by atoms with E-state index < -0.39 is 0 Å². The van der Waals surface area contributed by atoms with Crippen molar-refractivity contribution in [2.24, 2.45) is 5.92 Å². The number of anilines is 1. The highest BCUT2D eigenvalue weighted by molar-refractivity contribution is 7.13. The van der Waals surface area contributed by atoms with Crippen molar-refractivity contribution in [1.29, 1.82) is 0 Å². The minimum absolute atomic E-state index is 0.0193. The monoisotopic (exact) mass is 1830 g/mol. The number of nitrogens with zero attached hydrogens (tertiary/aromatic N) is 11. The van der Waals surface area contributed by atoms with Crippen LogP contribution >= 0.6 is 45.9 Å². The highest BCUT2D eigenvalue weighted by Crippen LogP contribution is 2.36. The number of pyridine rings is 2. The van der Waals surface area contributed by atoms with Crippen LogP contribution in [0.1, 0.15) is 102 Å². The van der Waals surface area contributed by atoms with Gasteiger partial charge < -0.3 is 52.6 Å². The molecule has 0 aliphatic rings. The molecule has 0 bridgehead atoms. The average Bonchev–Trinajstić information content (AvgIpc) is 1.80. The summed E-state index contributed by atoms with van der Waals surface area (Å²) in [5, 5.41) is 16.3. The van der Waals surface area contributed by atoms with Crippen molar-refractivity contribution >= 4 is 74.6 Å². The lowest BCUT2D eigenvalue weighted by Gasteiger charge is -2.26. The largest absolute Gasteiger partial charge is 0.493 e. The molecule has 0 N–H and O–H groups in total. The Bertz CT molecular complexity index is 5990. The van der Waals surface area contributed by atoms with Gasteiger partial charge in [0.25, 0.3) is 11.8 Å². The number of tetrazole rings is 1. The van der Waals surface area contributed by atoms with Gasteiger partial charge in [-0.15, -0.1) is 27.8 Å². The first-order valence-electron chi connectivity index (χ1n) is 42.5. The topological polar surface area (TPSA) is 237 Å². The van der Waals surface area contributed by atoms with Gasteiger partial charge in [0.05, 0.1) is 62.7 Å². The number of methoxy groups -OCH3 is 4. The number of ether oxygens (including phenoxy) is 8. The number of hydrogen-bond donors (Lipinski definition) is 0. The lowest BCUT2D eigenvalue weighted by atomic mass is 10.1. The van der Waals surface area contributed by atoms with Crippen molar-refractivity contribution in [2.45, 2.75) is 98.8 Å². The maximum absolute atomic E-state index is 13.4. The first-order valence-corrected chi connectivity index (χ1v) is 45.1. The Morgan fingerprint density at radius 2 is 0.794 bits per heavy atom. The average molecular weight is 1830 g/mol. The van der Waals surface area contributed by atoms with Gasteiger partial charge in [-0.2, -0.15) is 0 Å². The summed E-state index contributed by atoms with van der Waals surface area (Å²) >= 11 is 15.6. The predicted molar refractivity (Wildman–Crippen MR) is 512 cm³/mol. The number of halogens is 2. The van der Waals surface area contributed by atoms with Crippen molar-refractivity contribution in [3.8, 4) is 46.0 Å². The summed E-state index contributed by atoms with van der Waals surface area (Å²) in [5.41, 5.74) is 10.9. The molecule has 1 unspecified atom stereocenters. The molecule has 15 rings (SSSR count). The third kappa shape index (κ3) is 29.7. The van der Waals surface area contributed by atoms with Crippen LogP contribution in [-0.2, 0) is 88.1 Å². The SMILES string of the molecule is CCC(C)C(=O)N(CCc1ccccn1)Cc1ccc(OCc2ccccc2)c(OC)c1.COc1cc(CN(C(=O)c2ccccc2Cl)c2nccs2)ccc1OCc1ccccc1.COc1cc(CN(CCc2ccccn2)C(=O)Cn2cnnn2)ccc1OCc1ccccc1.COc1cc(CN(Cc2cccs2)C(=O)c2ccccc2Cl)ccc1OCc1ccccc1. The molecule has 131 heavy (non-hydrogen) atoms.